The molecule has 56 valence electrons. The SMILES string of the molecule is C#C/C(=C\C)OCCCO. The Morgan fingerprint density at radius 3 is 2.90 bits per heavy atom. The molecule has 1 N–H and O–H groups in total. The third-order valence-electron chi connectivity index (χ3n) is 0.964. The lowest BCUT2D eigenvalue weighted by atomic mass is 10.4. The summed E-state index contributed by atoms with van der Waals surface area (Å²) in [6.45, 7) is 2.44. The number of aliphatic hydroxyl groups excluding tert-OH is 1. The highest BCUT2D eigenvalue weighted by molar-refractivity contribution is 5.17. The van der Waals surface area contributed by atoms with Gasteiger partial charge in [-0.2, -0.15) is 0 Å². The van der Waals surface area contributed by atoms with Crippen molar-refractivity contribution in [3.63, 3.8) is 0 Å². The van der Waals surface area contributed by atoms with Crippen LogP contribution in [0.3, 0.4) is 0 Å². The van der Waals surface area contributed by atoms with Crippen LogP contribution in [0.1, 0.15) is 13.3 Å². The van der Waals surface area contributed by atoms with Gasteiger partial charge in [-0.15, -0.1) is 6.42 Å². The summed E-state index contributed by atoms with van der Waals surface area (Å²) in [4.78, 5) is 0. The van der Waals surface area contributed by atoms with Crippen molar-refractivity contribution in [3.05, 3.63) is 11.8 Å². The molecule has 0 radical (unpaired) electrons. The smallest absolute Gasteiger partial charge is 0.165 e. The van der Waals surface area contributed by atoms with Crippen molar-refractivity contribution in [2.75, 3.05) is 13.2 Å². The zero-order chi connectivity index (χ0) is 7.82. The second-order valence-electron chi connectivity index (χ2n) is 1.72. The molecule has 2 nitrogen and oxygen atoms in total. The third-order valence-corrected chi connectivity index (χ3v) is 0.964. The van der Waals surface area contributed by atoms with Crippen molar-refractivity contribution in [1.29, 1.82) is 0 Å². The molecule has 0 unspecified atom stereocenters. The molecule has 0 aliphatic rings. The molecule has 0 aromatic heterocycles. The number of ether oxygens (including phenoxy) is 1. The van der Waals surface area contributed by atoms with Crippen LogP contribution in [0.15, 0.2) is 11.8 Å². The second kappa shape index (κ2) is 6.18. The predicted molar refractivity (Wildman–Crippen MR) is 40.2 cm³/mol. The average molecular weight is 140 g/mol. The summed E-state index contributed by atoms with van der Waals surface area (Å²) >= 11 is 0. The van der Waals surface area contributed by atoms with Crippen LogP contribution in [-0.2, 0) is 4.74 Å². The van der Waals surface area contributed by atoms with Gasteiger partial charge in [0.1, 0.15) is 0 Å². The summed E-state index contributed by atoms with van der Waals surface area (Å²) in [6.07, 6.45) is 7.40. The van der Waals surface area contributed by atoms with Gasteiger partial charge in [-0.1, -0.05) is 0 Å². The molecule has 0 heterocycles. The fourth-order valence-corrected chi connectivity index (χ4v) is 0.455. The lowest BCUT2D eigenvalue weighted by Crippen LogP contribution is -1.95. The molecule has 0 aliphatic heterocycles. The van der Waals surface area contributed by atoms with E-state index in [1.165, 1.54) is 0 Å². The Balaban J connectivity index is 3.40. The summed E-state index contributed by atoms with van der Waals surface area (Å²) in [5, 5.41) is 8.37. The number of allylic oxidation sites excluding steroid dienone is 2. The van der Waals surface area contributed by atoms with E-state index in [2.05, 4.69) is 5.92 Å². The van der Waals surface area contributed by atoms with Gasteiger partial charge < -0.3 is 9.84 Å². The molecule has 0 bridgehead atoms. The van der Waals surface area contributed by atoms with Crippen molar-refractivity contribution in [3.8, 4) is 12.3 Å². The molecule has 0 saturated carbocycles. The van der Waals surface area contributed by atoms with E-state index >= 15 is 0 Å². The Hall–Kier alpha value is -0.940. The lowest BCUT2D eigenvalue weighted by Gasteiger charge is -2.01. The van der Waals surface area contributed by atoms with Gasteiger partial charge in [0.2, 0.25) is 0 Å². The minimum atomic E-state index is 0.140. The molecule has 0 atom stereocenters. The summed E-state index contributed by atoms with van der Waals surface area (Å²) in [5.74, 6) is 2.90. The van der Waals surface area contributed by atoms with Gasteiger partial charge in [0.15, 0.2) is 5.76 Å². The van der Waals surface area contributed by atoms with Crippen LogP contribution in [0, 0.1) is 12.3 Å². The standard InChI is InChI=1S/C8H12O2/c1-3-8(4-2)10-7-5-6-9/h1,4,9H,5-7H2,2H3/b8-4+. The summed E-state index contributed by atoms with van der Waals surface area (Å²) in [5.41, 5.74) is 0. The van der Waals surface area contributed by atoms with Crippen LogP contribution in [-0.4, -0.2) is 18.3 Å². The van der Waals surface area contributed by atoms with Crippen LogP contribution < -0.4 is 0 Å². The maximum atomic E-state index is 8.37. The van der Waals surface area contributed by atoms with Crippen LogP contribution in [0.5, 0.6) is 0 Å². The van der Waals surface area contributed by atoms with E-state index in [1.807, 2.05) is 6.92 Å². The molecule has 0 aromatic carbocycles. The first-order valence-electron chi connectivity index (χ1n) is 3.21. The van der Waals surface area contributed by atoms with E-state index in [1.54, 1.807) is 6.08 Å². The minimum Gasteiger partial charge on any atom is -0.486 e. The number of aliphatic hydroxyl groups is 1. The number of terminal acetylenes is 1. The summed E-state index contributed by atoms with van der Waals surface area (Å²) in [6, 6.07) is 0. The molecular formula is C8H12O2. The van der Waals surface area contributed by atoms with E-state index in [-0.39, 0.29) is 6.61 Å². The minimum absolute atomic E-state index is 0.140. The molecule has 0 rings (SSSR count). The fourth-order valence-electron chi connectivity index (χ4n) is 0.455. The van der Waals surface area contributed by atoms with E-state index in [0.717, 1.165) is 0 Å². The maximum absolute atomic E-state index is 8.37. The fraction of sp³-hybridized carbons (Fsp3) is 0.500. The Morgan fingerprint density at radius 2 is 2.50 bits per heavy atom. The first-order chi connectivity index (χ1) is 4.85. The molecule has 2 heteroatoms. The van der Waals surface area contributed by atoms with Gasteiger partial charge in [-0.25, -0.2) is 0 Å². The molecule has 0 amide bonds. The second-order valence-corrected chi connectivity index (χ2v) is 1.72. The van der Waals surface area contributed by atoms with Gasteiger partial charge in [0.05, 0.1) is 6.61 Å². The van der Waals surface area contributed by atoms with Gasteiger partial charge >= 0.3 is 0 Å². The van der Waals surface area contributed by atoms with Crippen LogP contribution in [0.2, 0.25) is 0 Å². The highest BCUT2D eigenvalue weighted by Gasteiger charge is 1.88. The monoisotopic (exact) mass is 140 g/mol. The van der Waals surface area contributed by atoms with E-state index in [4.69, 9.17) is 16.3 Å². The highest BCUT2D eigenvalue weighted by Crippen LogP contribution is 1.94. The molecule has 0 aromatic rings. The zero-order valence-electron chi connectivity index (χ0n) is 6.13. The first-order valence-corrected chi connectivity index (χ1v) is 3.21. The number of hydrogen-bond donors (Lipinski definition) is 1. The van der Waals surface area contributed by atoms with Crippen molar-refractivity contribution < 1.29 is 9.84 Å². The number of rotatable bonds is 4. The normalized spacial score (nSPS) is 10.7. The maximum Gasteiger partial charge on any atom is 0.165 e. The van der Waals surface area contributed by atoms with Crippen molar-refractivity contribution in [1.82, 2.24) is 0 Å². The third kappa shape index (κ3) is 3.99. The van der Waals surface area contributed by atoms with E-state index in [9.17, 15) is 0 Å². The first kappa shape index (κ1) is 9.06. The lowest BCUT2D eigenvalue weighted by molar-refractivity contribution is 0.186. The Bertz CT molecular complexity index is 142. The Morgan fingerprint density at radius 1 is 1.80 bits per heavy atom. The molecule has 0 spiro atoms. The molecule has 10 heavy (non-hydrogen) atoms. The molecule has 0 saturated heterocycles. The van der Waals surface area contributed by atoms with E-state index in [0.29, 0.717) is 18.8 Å². The van der Waals surface area contributed by atoms with Crippen LogP contribution in [0.25, 0.3) is 0 Å². The van der Waals surface area contributed by atoms with Crippen molar-refractivity contribution in [2.24, 2.45) is 0 Å². The van der Waals surface area contributed by atoms with E-state index < -0.39 is 0 Å². The van der Waals surface area contributed by atoms with Gasteiger partial charge in [0.25, 0.3) is 0 Å². The Kier molecular flexibility index (Phi) is 5.60. The van der Waals surface area contributed by atoms with Gasteiger partial charge in [-0.05, 0) is 18.9 Å². The summed E-state index contributed by atoms with van der Waals surface area (Å²) < 4.78 is 5.05. The highest BCUT2D eigenvalue weighted by atomic mass is 16.5. The summed E-state index contributed by atoms with van der Waals surface area (Å²) in [7, 11) is 0. The predicted octanol–water partition coefficient (Wildman–Crippen LogP) is 0.922. The molecule has 0 fully saturated rings. The quantitative estimate of drug-likeness (QED) is 0.357. The molecular weight excluding hydrogens is 128 g/mol. The van der Waals surface area contributed by atoms with Crippen molar-refractivity contribution >= 4 is 0 Å². The van der Waals surface area contributed by atoms with Crippen LogP contribution in [0.4, 0.5) is 0 Å². The zero-order valence-corrected chi connectivity index (χ0v) is 6.13. The number of hydrogen-bond acceptors (Lipinski definition) is 2. The average Bonchev–Trinajstić information content (AvgIpc) is 1.99. The van der Waals surface area contributed by atoms with Crippen LogP contribution >= 0.6 is 0 Å². The molecule has 0 aliphatic carbocycles. The van der Waals surface area contributed by atoms with Gasteiger partial charge in [-0.3, -0.25) is 0 Å². The van der Waals surface area contributed by atoms with Crippen molar-refractivity contribution in [2.45, 2.75) is 13.3 Å². The topological polar surface area (TPSA) is 29.5 Å². The van der Waals surface area contributed by atoms with Gasteiger partial charge in [0, 0.05) is 13.0 Å². The largest absolute Gasteiger partial charge is 0.486 e. The Labute approximate surface area is 61.5 Å².